The van der Waals surface area contributed by atoms with Gasteiger partial charge in [-0.25, -0.2) is 9.80 Å². The number of benzene rings is 2. The number of nitrogen functional groups attached to an aromatic ring is 1. The van der Waals surface area contributed by atoms with Gasteiger partial charge in [0.05, 0.1) is 24.9 Å². The van der Waals surface area contributed by atoms with Gasteiger partial charge in [0.15, 0.2) is 0 Å². The minimum atomic E-state index is -0.548. The number of carbonyl (C=O) groups is 2. The zero-order valence-corrected chi connectivity index (χ0v) is 24.3. The quantitative estimate of drug-likeness (QED) is 0.286. The van der Waals surface area contributed by atoms with Gasteiger partial charge in [-0.05, 0) is 74.9 Å². The molecule has 0 bridgehead atoms. The van der Waals surface area contributed by atoms with Crippen molar-refractivity contribution in [3.05, 3.63) is 58.1 Å². The van der Waals surface area contributed by atoms with Crippen LogP contribution in [0.5, 0.6) is 0 Å². The molecule has 0 aromatic heterocycles. The van der Waals surface area contributed by atoms with Gasteiger partial charge in [-0.1, -0.05) is 31.2 Å². The van der Waals surface area contributed by atoms with Crippen LogP contribution in [-0.2, 0) is 27.2 Å². The molecule has 1 unspecified atom stereocenters. The summed E-state index contributed by atoms with van der Waals surface area (Å²) in [7, 11) is 3.45. The van der Waals surface area contributed by atoms with E-state index in [-0.39, 0.29) is 24.4 Å². The molecule has 0 saturated heterocycles. The fourth-order valence-corrected chi connectivity index (χ4v) is 5.03. The predicted molar refractivity (Wildman–Crippen MR) is 152 cm³/mol. The van der Waals surface area contributed by atoms with Crippen molar-refractivity contribution in [2.45, 2.75) is 72.4 Å². The van der Waals surface area contributed by atoms with Crippen molar-refractivity contribution in [3.8, 4) is 0 Å². The molecule has 0 fully saturated rings. The van der Waals surface area contributed by atoms with Crippen LogP contribution in [0.25, 0.3) is 0 Å². The Kier molecular flexibility index (Phi) is 9.31. The first kappa shape index (κ1) is 29.3. The van der Waals surface area contributed by atoms with Crippen molar-refractivity contribution >= 4 is 23.4 Å². The largest absolute Gasteiger partial charge is 0.469 e. The van der Waals surface area contributed by atoms with E-state index in [4.69, 9.17) is 15.2 Å². The minimum Gasteiger partial charge on any atom is -0.469 e. The van der Waals surface area contributed by atoms with E-state index >= 15 is 0 Å². The van der Waals surface area contributed by atoms with Crippen LogP contribution in [0, 0.1) is 6.92 Å². The van der Waals surface area contributed by atoms with E-state index in [1.165, 1.54) is 12.7 Å². The molecule has 2 N–H and O–H groups in total. The second-order valence-corrected chi connectivity index (χ2v) is 10.9. The van der Waals surface area contributed by atoms with E-state index in [1.807, 2.05) is 40.8 Å². The van der Waals surface area contributed by atoms with Gasteiger partial charge in [0, 0.05) is 39.1 Å². The summed E-state index contributed by atoms with van der Waals surface area (Å²) in [6.07, 6.45) is 0.642. The van der Waals surface area contributed by atoms with Crippen molar-refractivity contribution in [2.24, 2.45) is 0 Å². The van der Waals surface area contributed by atoms with Crippen molar-refractivity contribution in [2.75, 3.05) is 44.5 Å². The lowest BCUT2D eigenvalue weighted by atomic mass is 9.83. The zero-order chi connectivity index (χ0) is 28.2. The first-order valence-electron chi connectivity index (χ1n) is 13.4. The Morgan fingerprint density at radius 2 is 1.82 bits per heavy atom. The van der Waals surface area contributed by atoms with E-state index in [2.05, 4.69) is 48.1 Å². The van der Waals surface area contributed by atoms with Crippen LogP contribution in [0.3, 0.4) is 0 Å². The second-order valence-electron chi connectivity index (χ2n) is 10.9. The van der Waals surface area contributed by atoms with Crippen LogP contribution >= 0.6 is 0 Å². The van der Waals surface area contributed by atoms with Gasteiger partial charge < -0.3 is 25.1 Å². The molecule has 1 heterocycles. The van der Waals surface area contributed by atoms with Crippen LogP contribution in [0.1, 0.15) is 74.8 Å². The number of amides is 1. The molecule has 0 saturated carbocycles. The number of ether oxygens (including phenoxy) is 2. The first-order valence-corrected chi connectivity index (χ1v) is 13.4. The highest BCUT2D eigenvalue weighted by Crippen LogP contribution is 2.38. The number of hydrogen-bond donors (Lipinski definition) is 1. The van der Waals surface area contributed by atoms with E-state index < -0.39 is 5.60 Å². The van der Waals surface area contributed by atoms with Crippen molar-refractivity contribution in [3.63, 3.8) is 0 Å². The SMILES string of the molecule is CCN(C)N(CC)c1ccc(C(CC(=O)OC)c2ccc3c(c2)CN(C(=O)OC(C)(C)C)CC3)c(C)c1N. The molecule has 208 valence electrons. The van der Waals surface area contributed by atoms with Crippen molar-refractivity contribution < 1.29 is 19.1 Å². The van der Waals surface area contributed by atoms with Crippen LogP contribution in [-0.4, -0.2) is 61.4 Å². The molecule has 0 radical (unpaired) electrons. The van der Waals surface area contributed by atoms with Gasteiger partial charge in [-0.15, -0.1) is 0 Å². The topological polar surface area (TPSA) is 88.3 Å². The van der Waals surface area contributed by atoms with Gasteiger partial charge in [0.2, 0.25) is 0 Å². The Labute approximate surface area is 227 Å². The number of hydrogen-bond acceptors (Lipinski definition) is 7. The lowest BCUT2D eigenvalue weighted by Crippen LogP contribution is -2.40. The number of rotatable bonds is 8. The maximum atomic E-state index is 12.7. The Bertz CT molecular complexity index is 1160. The summed E-state index contributed by atoms with van der Waals surface area (Å²) in [5.41, 5.74) is 13.0. The maximum absolute atomic E-state index is 12.7. The Balaban J connectivity index is 2.00. The van der Waals surface area contributed by atoms with Gasteiger partial charge >= 0.3 is 12.1 Å². The standard InChI is InChI=1S/C30H44N4O4/c1-9-32(7)34(10-2)26-14-13-24(20(3)28(26)31)25(18-27(35)37-8)22-12-11-21-15-16-33(19-23(21)17-22)29(36)38-30(4,5)6/h11-14,17,25H,9-10,15-16,18-19,31H2,1-8H3. The minimum absolute atomic E-state index is 0.192. The smallest absolute Gasteiger partial charge is 0.410 e. The summed E-state index contributed by atoms with van der Waals surface area (Å²) in [6.45, 7) is 14.6. The van der Waals surface area contributed by atoms with Gasteiger partial charge in [0.25, 0.3) is 0 Å². The monoisotopic (exact) mass is 524 g/mol. The van der Waals surface area contributed by atoms with E-state index in [0.29, 0.717) is 18.8 Å². The average molecular weight is 525 g/mol. The number of fused-ring (bicyclic) bond motifs is 1. The van der Waals surface area contributed by atoms with E-state index in [9.17, 15) is 9.59 Å². The molecule has 8 nitrogen and oxygen atoms in total. The van der Waals surface area contributed by atoms with Gasteiger partial charge in [0.1, 0.15) is 5.60 Å². The highest BCUT2D eigenvalue weighted by Gasteiger charge is 2.28. The molecule has 2 aromatic carbocycles. The molecule has 38 heavy (non-hydrogen) atoms. The van der Waals surface area contributed by atoms with Crippen molar-refractivity contribution in [1.29, 1.82) is 0 Å². The Morgan fingerprint density at radius 3 is 2.42 bits per heavy atom. The average Bonchev–Trinajstić information content (AvgIpc) is 2.88. The third-order valence-electron chi connectivity index (χ3n) is 7.25. The third-order valence-corrected chi connectivity index (χ3v) is 7.25. The molecule has 8 heteroatoms. The number of carbonyl (C=O) groups excluding carboxylic acids is 2. The first-order chi connectivity index (χ1) is 17.9. The lowest BCUT2D eigenvalue weighted by molar-refractivity contribution is -0.140. The molecule has 1 aliphatic heterocycles. The molecule has 1 atom stereocenters. The molecule has 2 aromatic rings. The van der Waals surface area contributed by atoms with Crippen LogP contribution in [0.4, 0.5) is 16.2 Å². The second kappa shape index (κ2) is 12.1. The van der Waals surface area contributed by atoms with Gasteiger partial charge in [-0.2, -0.15) is 0 Å². The van der Waals surface area contributed by atoms with E-state index in [0.717, 1.165) is 47.5 Å². The molecule has 1 amide bonds. The molecule has 3 rings (SSSR count). The molecule has 1 aliphatic rings. The number of methoxy groups -OCH3 is 1. The Morgan fingerprint density at radius 1 is 1.11 bits per heavy atom. The molecular weight excluding hydrogens is 480 g/mol. The number of anilines is 2. The summed E-state index contributed by atoms with van der Waals surface area (Å²) in [6, 6.07) is 10.4. The highest BCUT2D eigenvalue weighted by molar-refractivity contribution is 5.75. The number of hydrazine groups is 1. The van der Waals surface area contributed by atoms with Crippen LogP contribution < -0.4 is 10.7 Å². The number of nitrogens with two attached hydrogens (primary N) is 1. The number of nitrogens with zero attached hydrogens (tertiary/aromatic N) is 3. The summed E-state index contributed by atoms with van der Waals surface area (Å²) in [5.74, 6) is -0.522. The summed E-state index contributed by atoms with van der Waals surface area (Å²) in [5, 5.41) is 4.29. The van der Waals surface area contributed by atoms with Crippen LogP contribution in [0.2, 0.25) is 0 Å². The summed E-state index contributed by atoms with van der Waals surface area (Å²) >= 11 is 0. The summed E-state index contributed by atoms with van der Waals surface area (Å²) in [4.78, 5) is 27.0. The molecule has 0 spiro atoms. The Hall–Kier alpha value is -3.26. The van der Waals surface area contributed by atoms with Crippen LogP contribution in [0.15, 0.2) is 30.3 Å². The fraction of sp³-hybridized carbons (Fsp3) is 0.533. The highest BCUT2D eigenvalue weighted by atomic mass is 16.6. The zero-order valence-electron chi connectivity index (χ0n) is 24.3. The van der Waals surface area contributed by atoms with E-state index in [1.54, 1.807) is 4.90 Å². The number of esters is 1. The summed E-state index contributed by atoms with van der Waals surface area (Å²) < 4.78 is 10.7. The third kappa shape index (κ3) is 6.59. The maximum Gasteiger partial charge on any atom is 0.410 e. The van der Waals surface area contributed by atoms with Crippen molar-refractivity contribution in [1.82, 2.24) is 9.91 Å². The molecule has 0 aliphatic carbocycles. The lowest BCUT2D eigenvalue weighted by Gasteiger charge is -2.34. The molecular formula is C30H44N4O4. The normalized spacial score (nSPS) is 14.2. The van der Waals surface area contributed by atoms with Gasteiger partial charge in [-0.3, -0.25) is 4.79 Å². The fourth-order valence-electron chi connectivity index (χ4n) is 5.03. The predicted octanol–water partition coefficient (Wildman–Crippen LogP) is 5.26.